The van der Waals surface area contributed by atoms with Gasteiger partial charge in [0.2, 0.25) is 0 Å². The van der Waals surface area contributed by atoms with E-state index in [1.807, 2.05) is 13.1 Å². The van der Waals surface area contributed by atoms with Crippen molar-refractivity contribution in [3.8, 4) is 0 Å². The van der Waals surface area contributed by atoms with Gasteiger partial charge in [-0.05, 0) is 43.9 Å². The number of hydrogen-bond acceptors (Lipinski definition) is 4. The third kappa shape index (κ3) is 3.41. The van der Waals surface area contributed by atoms with E-state index in [9.17, 15) is 0 Å². The molecule has 2 atom stereocenters. The molecule has 2 unspecified atom stereocenters. The van der Waals surface area contributed by atoms with Gasteiger partial charge in [-0.3, -0.25) is 0 Å². The van der Waals surface area contributed by atoms with Crippen LogP contribution in [0.1, 0.15) is 18.4 Å². The van der Waals surface area contributed by atoms with Gasteiger partial charge in [-0.25, -0.2) is 4.98 Å². The highest BCUT2D eigenvalue weighted by Crippen LogP contribution is 2.20. The monoisotopic (exact) mass is 235 g/mol. The lowest BCUT2D eigenvalue weighted by Crippen LogP contribution is -2.30. The molecule has 1 saturated heterocycles. The average molecular weight is 235 g/mol. The summed E-state index contributed by atoms with van der Waals surface area (Å²) in [6, 6.07) is 4.45. The van der Waals surface area contributed by atoms with Gasteiger partial charge in [0, 0.05) is 25.5 Å². The van der Waals surface area contributed by atoms with Gasteiger partial charge in [-0.15, -0.1) is 0 Å². The van der Waals surface area contributed by atoms with E-state index in [1.54, 1.807) is 6.20 Å². The molecule has 1 aliphatic heterocycles. The molecule has 1 fully saturated rings. The molecule has 1 aromatic rings. The molecule has 1 aliphatic rings. The molecule has 4 nitrogen and oxygen atoms in total. The fraction of sp³-hybridized carbons (Fsp3) is 0.615. The van der Waals surface area contributed by atoms with Crippen molar-refractivity contribution in [1.82, 2.24) is 10.3 Å². The zero-order valence-corrected chi connectivity index (χ0v) is 10.4. The summed E-state index contributed by atoms with van der Waals surface area (Å²) < 4.78 is 5.41. The summed E-state index contributed by atoms with van der Waals surface area (Å²) in [6.45, 7) is 1.82. The normalized spacial score (nSPS) is 21.6. The molecule has 3 N–H and O–H groups in total. The van der Waals surface area contributed by atoms with Crippen LogP contribution in [-0.4, -0.2) is 31.3 Å². The molecule has 0 amide bonds. The summed E-state index contributed by atoms with van der Waals surface area (Å²) in [5.74, 6) is 1.33. The fourth-order valence-electron chi connectivity index (χ4n) is 2.36. The summed E-state index contributed by atoms with van der Waals surface area (Å²) >= 11 is 0. The van der Waals surface area contributed by atoms with Gasteiger partial charge in [0.15, 0.2) is 0 Å². The number of rotatable bonds is 5. The summed E-state index contributed by atoms with van der Waals surface area (Å²) in [4.78, 5) is 4.12. The predicted molar refractivity (Wildman–Crippen MR) is 68.7 cm³/mol. The van der Waals surface area contributed by atoms with Crippen molar-refractivity contribution < 1.29 is 4.74 Å². The largest absolute Gasteiger partial charge is 0.383 e. The lowest BCUT2D eigenvalue weighted by atomic mass is 9.95. The Balaban J connectivity index is 1.92. The van der Waals surface area contributed by atoms with Crippen LogP contribution < -0.4 is 11.1 Å². The topological polar surface area (TPSA) is 60.2 Å². The summed E-state index contributed by atoms with van der Waals surface area (Å²) in [6.07, 6.45) is 5.00. The number of anilines is 1. The Kier molecular flexibility index (Phi) is 4.34. The molecule has 2 rings (SSSR count). The van der Waals surface area contributed by atoms with Crippen LogP contribution in [0.5, 0.6) is 0 Å². The lowest BCUT2D eigenvalue weighted by molar-refractivity contribution is 0.181. The summed E-state index contributed by atoms with van der Waals surface area (Å²) in [5.41, 5.74) is 7.00. The van der Waals surface area contributed by atoms with Gasteiger partial charge in [-0.1, -0.05) is 6.07 Å². The molecule has 0 saturated carbocycles. The van der Waals surface area contributed by atoms with E-state index < -0.39 is 0 Å². The molecular weight excluding hydrogens is 214 g/mol. The number of nitrogens with two attached hydrogens (primary N) is 1. The maximum absolute atomic E-state index is 5.87. The molecule has 17 heavy (non-hydrogen) atoms. The maximum atomic E-state index is 5.87. The van der Waals surface area contributed by atoms with E-state index in [0.717, 1.165) is 31.6 Å². The van der Waals surface area contributed by atoms with E-state index in [4.69, 9.17) is 10.5 Å². The first-order valence-electron chi connectivity index (χ1n) is 6.24. The Morgan fingerprint density at radius 3 is 3.18 bits per heavy atom. The first kappa shape index (κ1) is 12.3. The second kappa shape index (κ2) is 5.98. The zero-order chi connectivity index (χ0) is 12.1. The Bertz CT molecular complexity index is 350. The van der Waals surface area contributed by atoms with E-state index in [0.29, 0.717) is 17.8 Å². The van der Waals surface area contributed by atoms with Crippen molar-refractivity contribution in [3.63, 3.8) is 0 Å². The Morgan fingerprint density at radius 1 is 1.65 bits per heavy atom. The number of hydrogen-bond donors (Lipinski definition) is 2. The number of ether oxygens (including phenoxy) is 1. The van der Waals surface area contributed by atoms with E-state index >= 15 is 0 Å². The van der Waals surface area contributed by atoms with Crippen LogP contribution in [0.2, 0.25) is 0 Å². The van der Waals surface area contributed by atoms with Crippen molar-refractivity contribution in [3.05, 3.63) is 23.9 Å². The average Bonchev–Trinajstić information content (AvgIpc) is 2.84. The quantitative estimate of drug-likeness (QED) is 0.805. The molecular formula is C13H21N3O. The molecule has 0 aromatic carbocycles. The van der Waals surface area contributed by atoms with Crippen molar-refractivity contribution in [1.29, 1.82) is 0 Å². The second-order valence-corrected chi connectivity index (χ2v) is 4.70. The number of pyridine rings is 1. The minimum absolute atomic E-state index is 0.452. The number of nitrogens with one attached hydrogen (secondary N) is 1. The standard InChI is InChI=1S/C13H21N3O/c1-15-12(7-10-4-6-17-9-10)8-11-3-2-5-16-13(11)14/h2-3,5,10,12,15H,4,6-9H2,1H3,(H2,14,16). The van der Waals surface area contributed by atoms with Crippen LogP contribution in [0.25, 0.3) is 0 Å². The Hall–Kier alpha value is -1.13. The smallest absolute Gasteiger partial charge is 0.126 e. The van der Waals surface area contributed by atoms with Crippen molar-refractivity contribution in [2.45, 2.75) is 25.3 Å². The SMILES string of the molecule is CNC(Cc1cccnc1N)CC1CCOC1. The third-order valence-corrected chi connectivity index (χ3v) is 3.44. The van der Waals surface area contributed by atoms with Crippen LogP contribution in [0.3, 0.4) is 0 Å². The molecule has 0 spiro atoms. The minimum atomic E-state index is 0.452. The highest BCUT2D eigenvalue weighted by atomic mass is 16.5. The van der Waals surface area contributed by atoms with Gasteiger partial charge >= 0.3 is 0 Å². The van der Waals surface area contributed by atoms with Crippen LogP contribution >= 0.6 is 0 Å². The highest BCUT2D eigenvalue weighted by Gasteiger charge is 2.20. The minimum Gasteiger partial charge on any atom is -0.383 e. The van der Waals surface area contributed by atoms with Crippen molar-refractivity contribution in [2.24, 2.45) is 5.92 Å². The van der Waals surface area contributed by atoms with Gasteiger partial charge in [0.1, 0.15) is 5.82 Å². The van der Waals surface area contributed by atoms with E-state index in [2.05, 4.69) is 16.4 Å². The van der Waals surface area contributed by atoms with Crippen molar-refractivity contribution >= 4 is 5.82 Å². The van der Waals surface area contributed by atoms with Crippen LogP contribution in [-0.2, 0) is 11.2 Å². The zero-order valence-electron chi connectivity index (χ0n) is 10.4. The molecule has 4 heteroatoms. The Labute approximate surface area is 103 Å². The summed E-state index contributed by atoms with van der Waals surface area (Å²) in [5, 5.41) is 3.37. The van der Waals surface area contributed by atoms with Gasteiger partial charge in [0.25, 0.3) is 0 Å². The summed E-state index contributed by atoms with van der Waals surface area (Å²) in [7, 11) is 2.01. The van der Waals surface area contributed by atoms with Gasteiger partial charge in [0.05, 0.1) is 0 Å². The van der Waals surface area contributed by atoms with Crippen molar-refractivity contribution in [2.75, 3.05) is 26.0 Å². The predicted octanol–water partition coefficient (Wildman–Crippen LogP) is 1.22. The number of likely N-dealkylation sites (N-methyl/N-ethyl adjacent to an activating group) is 1. The van der Waals surface area contributed by atoms with Gasteiger partial charge in [-0.2, -0.15) is 0 Å². The third-order valence-electron chi connectivity index (χ3n) is 3.44. The Morgan fingerprint density at radius 2 is 2.53 bits per heavy atom. The maximum Gasteiger partial charge on any atom is 0.126 e. The van der Waals surface area contributed by atoms with E-state index in [-0.39, 0.29) is 0 Å². The molecule has 0 bridgehead atoms. The molecule has 0 aliphatic carbocycles. The van der Waals surface area contributed by atoms with Gasteiger partial charge < -0.3 is 15.8 Å². The number of nitrogens with zero attached hydrogens (tertiary/aromatic N) is 1. The molecule has 2 heterocycles. The lowest BCUT2D eigenvalue weighted by Gasteiger charge is -2.19. The van der Waals surface area contributed by atoms with Crippen LogP contribution in [0, 0.1) is 5.92 Å². The fourth-order valence-corrected chi connectivity index (χ4v) is 2.36. The second-order valence-electron chi connectivity index (χ2n) is 4.70. The number of nitrogen functional groups attached to an aromatic ring is 1. The first-order valence-corrected chi connectivity index (χ1v) is 6.24. The molecule has 94 valence electrons. The van der Waals surface area contributed by atoms with Crippen LogP contribution in [0.4, 0.5) is 5.82 Å². The highest BCUT2D eigenvalue weighted by molar-refractivity contribution is 5.38. The van der Waals surface area contributed by atoms with Crippen LogP contribution in [0.15, 0.2) is 18.3 Å². The molecule has 0 radical (unpaired) electrons. The number of aromatic nitrogens is 1. The molecule has 1 aromatic heterocycles. The van der Waals surface area contributed by atoms with E-state index in [1.165, 1.54) is 6.42 Å². The first-order chi connectivity index (χ1) is 8.29.